The zero-order valence-electron chi connectivity index (χ0n) is 13.1. The van der Waals surface area contributed by atoms with Crippen LogP contribution in [0.2, 0.25) is 0 Å². The van der Waals surface area contributed by atoms with E-state index in [1.807, 2.05) is 31.0 Å². The van der Waals surface area contributed by atoms with Crippen LogP contribution >= 0.6 is 15.9 Å². The van der Waals surface area contributed by atoms with Gasteiger partial charge in [0.1, 0.15) is 0 Å². The predicted molar refractivity (Wildman–Crippen MR) is 94.4 cm³/mol. The monoisotopic (exact) mass is 390 g/mol. The molecular formula is C14H23BrN4O2S. The molecule has 0 bridgehead atoms. The molecular weight excluding hydrogens is 368 g/mol. The third-order valence-electron chi connectivity index (χ3n) is 2.77. The Labute approximate surface area is 141 Å². The highest BCUT2D eigenvalue weighted by Crippen LogP contribution is 2.11. The Bertz CT molecular complexity index is 587. The molecule has 0 aromatic heterocycles. The summed E-state index contributed by atoms with van der Waals surface area (Å²) in [5.41, 5.74) is 1.17. The lowest BCUT2D eigenvalue weighted by Gasteiger charge is -2.22. The number of halogens is 1. The van der Waals surface area contributed by atoms with E-state index in [2.05, 4.69) is 43.1 Å². The van der Waals surface area contributed by atoms with Crippen LogP contribution in [-0.4, -0.2) is 52.2 Å². The van der Waals surface area contributed by atoms with E-state index in [0.29, 0.717) is 13.1 Å². The van der Waals surface area contributed by atoms with Crippen LogP contribution in [0.15, 0.2) is 33.7 Å². The lowest BCUT2D eigenvalue weighted by molar-refractivity contribution is 0.477. The van der Waals surface area contributed by atoms with Crippen molar-refractivity contribution >= 4 is 31.9 Å². The topological polar surface area (TPSA) is 73.8 Å². The second-order valence-electron chi connectivity index (χ2n) is 4.88. The molecule has 22 heavy (non-hydrogen) atoms. The van der Waals surface area contributed by atoms with Crippen molar-refractivity contribution in [2.24, 2.45) is 4.99 Å². The van der Waals surface area contributed by atoms with Gasteiger partial charge in [-0.3, -0.25) is 4.99 Å². The first-order valence-electron chi connectivity index (χ1n) is 7.00. The maximum absolute atomic E-state index is 11.0. The first-order chi connectivity index (χ1) is 10.3. The van der Waals surface area contributed by atoms with Gasteiger partial charge in [-0.1, -0.05) is 28.1 Å². The molecule has 0 aliphatic rings. The van der Waals surface area contributed by atoms with Gasteiger partial charge in [0, 0.05) is 31.2 Å². The quantitative estimate of drug-likeness (QED) is 0.419. The van der Waals surface area contributed by atoms with Gasteiger partial charge in [0.15, 0.2) is 5.96 Å². The third-order valence-corrected chi connectivity index (χ3v) is 4.02. The van der Waals surface area contributed by atoms with E-state index in [1.54, 1.807) is 0 Å². The molecule has 0 aliphatic heterocycles. The Balaban J connectivity index is 2.61. The number of nitrogens with zero attached hydrogens (tertiary/aromatic N) is 2. The molecule has 0 aliphatic carbocycles. The van der Waals surface area contributed by atoms with Gasteiger partial charge in [0.25, 0.3) is 0 Å². The zero-order valence-corrected chi connectivity index (χ0v) is 15.5. The lowest BCUT2D eigenvalue weighted by atomic mass is 10.2. The molecule has 1 aromatic carbocycles. The van der Waals surface area contributed by atoms with E-state index in [0.717, 1.165) is 29.8 Å². The van der Waals surface area contributed by atoms with Crippen LogP contribution in [0.3, 0.4) is 0 Å². The highest BCUT2D eigenvalue weighted by Gasteiger charge is 2.06. The number of nitrogens with one attached hydrogen (secondary N) is 2. The molecule has 0 saturated carbocycles. The fourth-order valence-electron chi connectivity index (χ4n) is 1.80. The van der Waals surface area contributed by atoms with Crippen LogP contribution in [0.4, 0.5) is 0 Å². The summed E-state index contributed by atoms with van der Waals surface area (Å²) in [5.74, 6) is 0.751. The summed E-state index contributed by atoms with van der Waals surface area (Å²) < 4.78 is 25.5. The molecule has 8 heteroatoms. The van der Waals surface area contributed by atoms with Crippen molar-refractivity contribution in [3.8, 4) is 0 Å². The van der Waals surface area contributed by atoms with Crippen LogP contribution in [-0.2, 0) is 16.6 Å². The fraction of sp³-hybridized carbons (Fsp3) is 0.500. The Kier molecular flexibility index (Phi) is 7.84. The first kappa shape index (κ1) is 18.9. The fourth-order valence-corrected chi connectivity index (χ4v) is 2.53. The third kappa shape index (κ3) is 7.77. The minimum atomic E-state index is -3.16. The van der Waals surface area contributed by atoms with Crippen LogP contribution in [0, 0.1) is 0 Å². The molecule has 1 aromatic rings. The van der Waals surface area contributed by atoms with Gasteiger partial charge < -0.3 is 10.2 Å². The molecule has 0 fully saturated rings. The number of guanidine groups is 1. The number of benzene rings is 1. The van der Waals surface area contributed by atoms with Crippen molar-refractivity contribution in [3.05, 3.63) is 34.3 Å². The molecule has 6 nitrogen and oxygen atoms in total. The van der Waals surface area contributed by atoms with Crippen molar-refractivity contribution in [1.82, 2.24) is 14.9 Å². The van der Waals surface area contributed by atoms with Gasteiger partial charge in [0.2, 0.25) is 10.0 Å². The Morgan fingerprint density at radius 1 is 1.32 bits per heavy atom. The number of aliphatic imine (C=N–C) groups is 1. The van der Waals surface area contributed by atoms with E-state index in [4.69, 9.17) is 0 Å². The molecule has 0 spiro atoms. The Morgan fingerprint density at radius 3 is 2.50 bits per heavy atom. The maximum Gasteiger partial charge on any atom is 0.208 e. The lowest BCUT2D eigenvalue weighted by Crippen LogP contribution is -2.39. The van der Waals surface area contributed by atoms with E-state index in [1.165, 1.54) is 5.56 Å². The summed E-state index contributed by atoms with van der Waals surface area (Å²) in [6.07, 6.45) is 1.14. The van der Waals surface area contributed by atoms with Crippen LogP contribution in [0.25, 0.3) is 0 Å². The summed E-state index contributed by atoms with van der Waals surface area (Å²) >= 11 is 3.42. The molecule has 2 N–H and O–H groups in total. The predicted octanol–water partition coefficient (Wildman–Crippen LogP) is 1.40. The summed E-state index contributed by atoms with van der Waals surface area (Å²) in [7, 11) is -1.21. The van der Waals surface area contributed by atoms with Gasteiger partial charge in [-0.15, -0.1) is 0 Å². The average molecular weight is 391 g/mol. The molecule has 0 amide bonds. The first-order valence-corrected chi connectivity index (χ1v) is 9.69. The van der Waals surface area contributed by atoms with Gasteiger partial charge in [-0.05, 0) is 24.6 Å². The van der Waals surface area contributed by atoms with E-state index in [-0.39, 0.29) is 0 Å². The molecule has 0 radical (unpaired) electrons. The molecule has 0 heterocycles. The minimum absolute atomic E-state index is 0.292. The van der Waals surface area contributed by atoms with Gasteiger partial charge >= 0.3 is 0 Å². The highest BCUT2D eigenvalue weighted by atomic mass is 79.9. The normalized spacial score (nSPS) is 12.3. The molecule has 0 unspecified atom stereocenters. The molecule has 1 rings (SSSR count). The van der Waals surface area contributed by atoms with Crippen LogP contribution < -0.4 is 10.0 Å². The number of rotatable bonds is 7. The molecule has 124 valence electrons. The van der Waals surface area contributed by atoms with Crippen molar-refractivity contribution in [2.45, 2.75) is 13.5 Å². The number of hydrogen-bond acceptors (Lipinski definition) is 3. The van der Waals surface area contributed by atoms with Crippen molar-refractivity contribution in [3.63, 3.8) is 0 Å². The Morgan fingerprint density at radius 2 is 1.95 bits per heavy atom. The summed E-state index contributed by atoms with van der Waals surface area (Å²) in [6.45, 7) is 4.15. The number of sulfonamides is 1. The van der Waals surface area contributed by atoms with E-state index >= 15 is 0 Å². The largest absolute Gasteiger partial charge is 0.357 e. The zero-order chi connectivity index (χ0) is 16.6. The number of hydrogen-bond donors (Lipinski definition) is 2. The summed E-state index contributed by atoms with van der Waals surface area (Å²) in [6, 6.07) is 8.11. The SMILES string of the molecule is CCNC(=NCCNS(C)(=O)=O)N(C)Cc1ccc(Br)cc1. The van der Waals surface area contributed by atoms with E-state index in [9.17, 15) is 8.42 Å². The second kappa shape index (κ2) is 9.12. The van der Waals surface area contributed by atoms with Crippen LogP contribution in [0.1, 0.15) is 12.5 Å². The molecule has 0 saturated heterocycles. The van der Waals surface area contributed by atoms with Crippen molar-refractivity contribution in [2.75, 3.05) is 32.9 Å². The standard InChI is InChI=1S/C14H23BrN4O2S/c1-4-16-14(17-9-10-18-22(3,20)21)19(2)11-12-5-7-13(15)8-6-12/h5-8,18H,4,9-11H2,1-3H3,(H,16,17). The van der Waals surface area contributed by atoms with Crippen LogP contribution in [0.5, 0.6) is 0 Å². The smallest absolute Gasteiger partial charge is 0.208 e. The summed E-state index contributed by atoms with van der Waals surface area (Å²) in [4.78, 5) is 6.43. The highest BCUT2D eigenvalue weighted by molar-refractivity contribution is 9.10. The Hall–Kier alpha value is -1.12. The average Bonchev–Trinajstić information content (AvgIpc) is 2.43. The van der Waals surface area contributed by atoms with Crippen molar-refractivity contribution < 1.29 is 8.42 Å². The van der Waals surface area contributed by atoms with Crippen molar-refractivity contribution in [1.29, 1.82) is 0 Å². The second-order valence-corrected chi connectivity index (χ2v) is 7.63. The van der Waals surface area contributed by atoms with Gasteiger partial charge in [-0.25, -0.2) is 13.1 Å². The molecule has 0 atom stereocenters. The summed E-state index contributed by atoms with van der Waals surface area (Å²) in [5, 5.41) is 3.20. The minimum Gasteiger partial charge on any atom is -0.357 e. The maximum atomic E-state index is 11.0. The van der Waals surface area contributed by atoms with Gasteiger partial charge in [-0.2, -0.15) is 0 Å². The van der Waals surface area contributed by atoms with E-state index < -0.39 is 10.0 Å². The van der Waals surface area contributed by atoms with Gasteiger partial charge in [0.05, 0.1) is 12.8 Å².